The molecule has 2 aromatic rings. The van der Waals surface area contributed by atoms with Gasteiger partial charge in [-0.05, 0) is 56.4 Å². The molecule has 0 spiro atoms. The number of nitrogens with one attached hydrogen (secondary N) is 1. The second-order valence-electron chi connectivity index (χ2n) is 5.93. The fraction of sp³-hybridized carbons (Fsp3) is 0.412. The highest BCUT2D eigenvalue weighted by Gasteiger charge is 2.31. The van der Waals surface area contributed by atoms with Gasteiger partial charge in [0.2, 0.25) is 10.0 Å². The molecule has 1 saturated heterocycles. The highest BCUT2D eigenvalue weighted by molar-refractivity contribution is 7.89. The van der Waals surface area contributed by atoms with Gasteiger partial charge < -0.3 is 0 Å². The molecule has 0 amide bonds. The minimum Gasteiger partial charge on any atom is -0.294 e. The smallest absolute Gasteiger partial charge is 0.240 e. The summed E-state index contributed by atoms with van der Waals surface area (Å²) in [5.41, 5.74) is 0. The van der Waals surface area contributed by atoms with Crippen molar-refractivity contribution >= 4 is 21.4 Å². The van der Waals surface area contributed by atoms with Gasteiger partial charge in [0, 0.05) is 10.9 Å². The lowest BCUT2D eigenvalue weighted by Gasteiger charge is -2.32. The van der Waals surface area contributed by atoms with Crippen LogP contribution in [-0.2, 0) is 10.0 Å². The number of hydrogen-bond acceptors (Lipinski definition) is 4. The Labute approximate surface area is 142 Å². The van der Waals surface area contributed by atoms with Crippen molar-refractivity contribution in [1.82, 2.24) is 9.62 Å². The van der Waals surface area contributed by atoms with Crippen LogP contribution < -0.4 is 4.72 Å². The molecule has 4 nitrogen and oxygen atoms in total. The molecule has 23 heavy (non-hydrogen) atoms. The molecule has 1 aromatic heterocycles. The number of sulfonamides is 1. The highest BCUT2D eigenvalue weighted by atomic mass is 32.2. The summed E-state index contributed by atoms with van der Waals surface area (Å²) in [6, 6.07) is 12.6. The molecule has 0 aliphatic carbocycles. The summed E-state index contributed by atoms with van der Waals surface area (Å²) in [5, 5.41) is 2.05. The van der Waals surface area contributed by atoms with Gasteiger partial charge in [0.05, 0.1) is 10.9 Å². The predicted molar refractivity (Wildman–Crippen MR) is 94.1 cm³/mol. The Hall–Kier alpha value is -1.21. The molecule has 0 saturated carbocycles. The standard InChI is InChI=1S/C17H22N2O2S2/c1-14(18-23(20,21)15-8-3-2-4-9-15)17(16-10-7-13-22-16)19-11-5-6-12-19/h2-4,7-10,13-14,17-18H,5-6,11-12H2,1H3. The van der Waals surface area contributed by atoms with Crippen LogP contribution in [0.3, 0.4) is 0 Å². The first-order chi connectivity index (χ1) is 11.1. The molecular formula is C17H22N2O2S2. The maximum atomic E-state index is 12.6. The lowest BCUT2D eigenvalue weighted by Crippen LogP contribution is -2.43. The Kier molecular flexibility index (Phi) is 5.16. The molecule has 2 unspecified atom stereocenters. The number of hydrogen-bond donors (Lipinski definition) is 1. The number of benzene rings is 1. The van der Waals surface area contributed by atoms with Crippen molar-refractivity contribution in [2.45, 2.75) is 36.7 Å². The van der Waals surface area contributed by atoms with Gasteiger partial charge in [-0.1, -0.05) is 24.3 Å². The van der Waals surface area contributed by atoms with Gasteiger partial charge in [0.1, 0.15) is 0 Å². The van der Waals surface area contributed by atoms with E-state index >= 15 is 0 Å². The zero-order chi connectivity index (χ0) is 16.3. The molecule has 124 valence electrons. The van der Waals surface area contributed by atoms with Gasteiger partial charge in [-0.3, -0.25) is 4.90 Å². The Bertz CT molecular complexity index is 708. The van der Waals surface area contributed by atoms with Crippen LogP contribution in [0.15, 0.2) is 52.7 Å². The molecule has 1 aromatic carbocycles. The lowest BCUT2D eigenvalue weighted by atomic mass is 10.1. The molecular weight excluding hydrogens is 328 g/mol. The van der Waals surface area contributed by atoms with Crippen LogP contribution in [0.25, 0.3) is 0 Å². The second kappa shape index (κ2) is 7.13. The molecule has 2 heterocycles. The lowest BCUT2D eigenvalue weighted by molar-refractivity contribution is 0.215. The van der Waals surface area contributed by atoms with Crippen LogP contribution >= 0.6 is 11.3 Å². The number of nitrogens with zero attached hydrogens (tertiary/aromatic N) is 1. The number of rotatable bonds is 6. The van der Waals surface area contributed by atoms with Gasteiger partial charge in [0.15, 0.2) is 0 Å². The van der Waals surface area contributed by atoms with E-state index in [1.54, 1.807) is 35.6 Å². The van der Waals surface area contributed by atoms with E-state index in [0.29, 0.717) is 4.90 Å². The predicted octanol–water partition coefficient (Wildman–Crippen LogP) is 3.25. The molecule has 1 fully saturated rings. The van der Waals surface area contributed by atoms with Crippen LogP contribution in [0.1, 0.15) is 30.7 Å². The molecule has 1 aliphatic rings. The Morgan fingerprint density at radius 1 is 1.09 bits per heavy atom. The minimum atomic E-state index is -3.50. The minimum absolute atomic E-state index is 0.0935. The van der Waals surface area contributed by atoms with Crippen molar-refractivity contribution in [3.8, 4) is 0 Å². The molecule has 0 radical (unpaired) electrons. The third-order valence-corrected chi connectivity index (χ3v) is 6.75. The Morgan fingerprint density at radius 3 is 2.39 bits per heavy atom. The van der Waals surface area contributed by atoms with Gasteiger partial charge in [-0.2, -0.15) is 0 Å². The zero-order valence-corrected chi connectivity index (χ0v) is 14.8. The fourth-order valence-electron chi connectivity index (χ4n) is 3.20. The first kappa shape index (κ1) is 16.6. The Morgan fingerprint density at radius 2 is 1.78 bits per heavy atom. The van der Waals surface area contributed by atoms with Gasteiger partial charge >= 0.3 is 0 Å². The first-order valence-corrected chi connectivity index (χ1v) is 10.3. The molecule has 2 atom stereocenters. The van der Waals surface area contributed by atoms with Crippen molar-refractivity contribution in [2.24, 2.45) is 0 Å². The normalized spacial score (nSPS) is 18.8. The Balaban J connectivity index is 1.82. The summed E-state index contributed by atoms with van der Waals surface area (Å²) in [6.45, 7) is 4.02. The van der Waals surface area contributed by atoms with E-state index in [0.717, 1.165) is 13.1 Å². The van der Waals surface area contributed by atoms with E-state index < -0.39 is 10.0 Å². The van der Waals surface area contributed by atoms with E-state index in [1.807, 2.05) is 19.1 Å². The van der Waals surface area contributed by atoms with Crippen molar-refractivity contribution in [1.29, 1.82) is 0 Å². The van der Waals surface area contributed by atoms with Gasteiger partial charge in [-0.15, -0.1) is 11.3 Å². The number of thiophene rings is 1. The highest BCUT2D eigenvalue weighted by Crippen LogP contribution is 2.31. The van der Waals surface area contributed by atoms with Crippen molar-refractivity contribution in [2.75, 3.05) is 13.1 Å². The van der Waals surface area contributed by atoms with E-state index in [2.05, 4.69) is 21.1 Å². The average molecular weight is 351 g/mol. The van der Waals surface area contributed by atoms with Crippen LogP contribution in [0.5, 0.6) is 0 Å². The molecule has 1 aliphatic heterocycles. The van der Waals surface area contributed by atoms with Crippen molar-refractivity contribution in [3.05, 3.63) is 52.7 Å². The van der Waals surface area contributed by atoms with Crippen LogP contribution in [-0.4, -0.2) is 32.4 Å². The summed E-state index contributed by atoms with van der Waals surface area (Å²) in [5.74, 6) is 0. The molecule has 1 N–H and O–H groups in total. The van der Waals surface area contributed by atoms with E-state index in [4.69, 9.17) is 0 Å². The zero-order valence-electron chi connectivity index (χ0n) is 13.2. The van der Waals surface area contributed by atoms with Crippen molar-refractivity contribution < 1.29 is 8.42 Å². The summed E-state index contributed by atoms with van der Waals surface area (Å²) >= 11 is 1.69. The summed E-state index contributed by atoms with van der Waals surface area (Å²) in [4.78, 5) is 3.93. The van der Waals surface area contributed by atoms with Gasteiger partial charge in [0.25, 0.3) is 0 Å². The van der Waals surface area contributed by atoms with Gasteiger partial charge in [-0.25, -0.2) is 13.1 Å². The average Bonchev–Trinajstić information content (AvgIpc) is 3.22. The molecule has 3 rings (SSSR count). The molecule has 0 bridgehead atoms. The van der Waals surface area contributed by atoms with E-state index in [9.17, 15) is 8.42 Å². The summed E-state index contributed by atoms with van der Waals surface area (Å²) < 4.78 is 28.1. The monoisotopic (exact) mass is 350 g/mol. The summed E-state index contributed by atoms with van der Waals surface area (Å²) in [7, 11) is -3.50. The van der Waals surface area contributed by atoms with Crippen LogP contribution in [0.4, 0.5) is 0 Å². The number of likely N-dealkylation sites (tertiary alicyclic amines) is 1. The molecule has 6 heteroatoms. The summed E-state index contributed by atoms with van der Waals surface area (Å²) in [6.07, 6.45) is 2.36. The van der Waals surface area contributed by atoms with Crippen LogP contribution in [0.2, 0.25) is 0 Å². The first-order valence-electron chi connectivity index (χ1n) is 7.93. The largest absolute Gasteiger partial charge is 0.294 e. The topological polar surface area (TPSA) is 49.4 Å². The third-order valence-electron chi connectivity index (χ3n) is 4.24. The maximum Gasteiger partial charge on any atom is 0.240 e. The van der Waals surface area contributed by atoms with E-state index in [1.165, 1.54) is 17.7 Å². The quantitative estimate of drug-likeness (QED) is 0.870. The maximum absolute atomic E-state index is 12.6. The van der Waals surface area contributed by atoms with Crippen molar-refractivity contribution in [3.63, 3.8) is 0 Å². The van der Waals surface area contributed by atoms with E-state index in [-0.39, 0.29) is 12.1 Å². The second-order valence-corrected chi connectivity index (χ2v) is 8.62. The SMILES string of the molecule is CC(NS(=O)(=O)c1ccccc1)C(c1cccs1)N1CCCC1. The fourth-order valence-corrected chi connectivity index (χ4v) is 5.43. The van der Waals surface area contributed by atoms with Crippen LogP contribution in [0, 0.1) is 0 Å². The third kappa shape index (κ3) is 3.83.